The normalized spacial score (nSPS) is 19.6. The van der Waals surface area contributed by atoms with Crippen LogP contribution >= 0.6 is 11.6 Å². The monoisotopic (exact) mass is 600 g/mol. The molecule has 0 bridgehead atoms. The maximum Gasteiger partial charge on any atom is 0.341 e. The minimum absolute atomic E-state index is 0.0913. The van der Waals surface area contributed by atoms with Gasteiger partial charge in [-0.05, 0) is 72.2 Å². The van der Waals surface area contributed by atoms with Gasteiger partial charge in [-0.2, -0.15) is 0 Å². The van der Waals surface area contributed by atoms with Gasteiger partial charge >= 0.3 is 5.97 Å². The van der Waals surface area contributed by atoms with Crippen LogP contribution in [0.5, 0.6) is 11.5 Å². The molecule has 2 aliphatic rings. The molecule has 3 heterocycles. The van der Waals surface area contributed by atoms with Gasteiger partial charge in [0.15, 0.2) is 0 Å². The number of anilines is 1. The summed E-state index contributed by atoms with van der Waals surface area (Å²) in [6.07, 6.45) is 6.29. The number of aliphatic hydroxyl groups excluding tert-OH is 1. The van der Waals surface area contributed by atoms with Crippen molar-refractivity contribution in [3.05, 3.63) is 88.7 Å². The Morgan fingerprint density at radius 1 is 1.09 bits per heavy atom. The number of esters is 1. The number of hydrogen-bond acceptors (Lipinski definition) is 7. The van der Waals surface area contributed by atoms with E-state index in [1.54, 1.807) is 12.3 Å². The van der Waals surface area contributed by atoms with Gasteiger partial charge < -0.3 is 24.5 Å². The Morgan fingerprint density at radius 3 is 2.63 bits per heavy atom. The van der Waals surface area contributed by atoms with Gasteiger partial charge in [0, 0.05) is 67.7 Å². The summed E-state index contributed by atoms with van der Waals surface area (Å²) < 4.78 is 11.2. The second kappa shape index (κ2) is 12.4. The third kappa shape index (κ3) is 6.42. The van der Waals surface area contributed by atoms with Gasteiger partial charge in [-0.15, -0.1) is 0 Å². The summed E-state index contributed by atoms with van der Waals surface area (Å²) in [5.74, 6) is 0.534. The molecule has 1 fully saturated rings. The number of carbonyl (C=O) groups is 1. The molecule has 0 radical (unpaired) electrons. The van der Waals surface area contributed by atoms with Crippen LogP contribution in [0.15, 0.2) is 72.6 Å². The molecule has 43 heavy (non-hydrogen) atoms. The van der Waals surface area contributed by atoms with Crippen LogP contribution in [0.25, 0.3) is 16.6 Å². The minimum Gasteiger partial charge on any atom is -0.465 e. The number of carbonyl (C=O) groups excluding carboxylic acids is 1. The van der Waals surface area contributed by atoms with Crippen molar-refractivity contribution in [2.45, 2.75) is 26.2 Å². The molecule has 8 nitrogen and oxygen atoms in total. The van der Waals surface area contributed by atoms with Crippen LogP contribution in [0, 0.1) is 5.41 Å². The van der Waals surface area contributed by atoms with Crippen LogP contribution in [0.1, 0.15) is 42.1 Å². The lowest BCUT2D eigenvalue weighted by Gasteiger charge is -2.40. The molecule has 2 N–H and O–H groups in total. The average molecular weight is 601 g/mol. The number of aromatic amines is 1. The van der Waals surface area contributed by atoms with E-state index in [0.717, 1.165) is 73.7 Å². The number of nitrogens with zero attached hydrogens (tertiary/aromatic N) is 3. The molecule has 1 atom stereocenters. The molecule has 224 valence electrons. The Kier molecular flexibility index (Phi) is 8.43. The van der Waals surface area contributed by atoms with Gasteiger partial charge in [0.25, 0.3) is 0 Å². The summed E-state index contributed by atoms with van der Waals surface area (Å²) in [6.45, 7) is 6.74. The third-order valence-corrected chi connectivity index (χ3v) is 9.00. The smallest absolute Gasteiger partial charge is 0.341 e. The first-order valence-electron chi connectivity index (χ1n) is 14.7. The standard InChI is InChI=1S/C34H37ClN4O4/c1-34(22-40)11-9-29(23-3-5-26(35)6-4-23)25(19-34)21-38-13-15-39(16-14-38)27-7-8-30(33(41)42-2)31(18-27)43-28-17-24-10-12-36-32(24)37-20-28/h3-8,10,12,17-18,20,40H,9,11,13-16,19,21-22H2,1-2H3,(H,36,37). The van der Waals surface area contributed by atoms with Gasteiger partial charge in [0.1, 0.15) is 22.7 Å². The van der Waals surface area contributed by atoms with Crippen molar-refractivity contribution in [3.63, 3.8) is 0 Å². The molecule has 1 saturated heterocycles. The molecule has 6 rings (SSSR count). The number of piperazine rings is 1. The molecule has 4 aromatic rings. The first kappa shape index (κ1) is 29.2. The van der Waals surface area contributed by atoms with Gasteiger partial charge in [0.05, 0.1) is 13.3 Å². The number of H-pyrrole nitrogens is 1. The van der Waals surface area contributed by atoms with E-state index in [-0.39, 0.29) is 12.0 Å². The summed E-state index contributed by atoms with van der Waals surface area (Å²) in [4.78, 5) is 24.9. The fraction of sp³-hybridized carbons (Fsp3) is 0.353. The number of hydrogen-bond donors (Lipinski definition) is 2. The maximum atomic E-state index is 12.6. The Morgan fingerprint density at radius 2 is 1.88 bits per heavy atom. The lowest BCUT2D eigenvalue weighted by molar-refractivity contribution is 0.0598. The Hall–Kier alpha value is -3.85. The lowest BCUT2D eigenvalue weighted by atomic mass is 9.72. The second-order valence-corrected chi connectivity index (χ2v) is 12.3. The zero-order valence-electron chi connectivity index (χ0n) is 24.6. The molecule has 9 heteroatoms. The molecule has 0 saturated carbocycles. The molecule has 0 spiro atoms. The number of ether oxygens (including phenoxy) is 2. The van der Waals surface area contributed by atoms with Crippen molar-refractivity contribution in [1.82, 2.24) is 14.9 Å². The van der Waals surface area contributed by atoms with Crippen molar-refractivity contribution in [2.24, 2.45) is 5.41 Å². The van der Waals surface area contributed by atoms with Crippen molar-refractivity contribution in [1.29, 1.82) is 0 Å². The quantitative estimate of drug-likeness (QED) is 0.222. The first-order valence-corrected chi connectivity index (χ1v) is 15.1. The van der Waals surface area contributed by atoms with E-state index in [2.05, 4.69) is 38.8 Å². The first-order chi connectivity index (χ1) is 20.8. The molecule has 2 aromatic heterocycles. The van der Waals surface area contributed by atoms with Crippen LogP contribution in [0.3, 0.4) is 0 Å². The average Bonchev–Trinajstić information content (AvgIpc) is 3.50. The van der Waals surface area contributed by atoms with E-state index >= 15 is 0 Å². The number of benzene rings is 2. The number of nitrogens with one attached hydrogen (secondary N) is 1. The summed E-state index contributed by atoms with van der Waals surface area (Å²) in [5, 5.41) is 11.8. The zero-order chi connectivity index (χ0) is 30.0. The van der Waals surface area contributed by atoms with Crippen molar-refractivity contribution in [2.75, 3.05) is 51.3 Å². The largest absolute Gasteiger partial charge is 0.465 e. The minimum atomic E-state index is -0.450. The van der Waals surface area contributed by atoms with Gasteiger partial charge in [0.2, 0.25) is 0 Å². The van der Waals surface area contributed by atoms with Crippen LogP contribution in [0.2, 0.25) is 5.02 Å². The SMILES string of the molecule is COC(=O)c1ccc(N2CCN(CC3=C(c4ccc(Cl)cc4)CCC(C)(CO)C3)CC2)cc1Oc1cnc2[nH]ccc2c1. The lowest BCUT2D eigenvalue weighted by Crippen LogP contribution is -2.47. The van der Waals surface area contributed by atoms with Gasteiger partial charge in [-0.25, -0.2) is 9.78 Å². The predicted octanol–water partition coefficient (Wildman–Crippen LogP) is 6.55. The molecule has 1 aliphatic heterocycles. The Balaban J connectivity index is 1.18. The number of rotatable bonds is 8. The molecular weight excluding hydrogens is 564 g/mol. The molecule has 1 unspecified atom stereocenters. The summed E-state index contributed by atoms with van der Waals surface area (Å²) in [6, 6.07) is 17.6. The molecule has 2 aromatic carbocycles. The van der Waals surface area contributed by atoms with Crippen molar-refractivity contribution >= 4 is 39.9 Å². The second-order valence-electron chi connectivity index (χ2n) is 11.9. The van der Waals surface area contributed by atoms with Crippen molar-refractivity contribution in [3.8, 4) is 11.5 Å². The van der Waals surface area contributed by atoms with Gasteiger partial charge in [-0.3, -0.25) is 4.90 Å². The number of halogens is 1. The van der Waals surface area contributed by atoms with E-state index < -0.39 is 5.97 Å². The van der Waals surface area contributed by atoms with Crippen LogP contribution in [0.4, 0.5) is 5.69 Å². The summed E-state index contributed by atoms with van der Waals surface area (Å²) >= 11 is 6.18. The van der Waals surface area contributed by atoms with Crippen LogP contribution < -0.4 is 9.64 Å². The number of pyridine rings is 1. The highest BCUT2D eigenvalue weighted by molar-refractivity contribution is 6.30. The van der Waals surface area contributed by atoms with Crippen LogP contribution in [-0.2, 0) is 4.74 Å². The highest BCUT2D eigenvalue weighted by atomic mass is 35.5. The number of fused-ring (bicyclic) bond motifs is 1. The highest BCUT2D eigenvalue weighted by Gasteiger charge is 2.32. The van der Waals surface area contributed by atoms with Crippen LogP contribution in [-0.4, -0.2) is 72.4 Å². The van der Waals surface area contributed by atoms with Gasteiger partial charge in [-0.1, -0.05) is 36.2 Å². The fourth-order valence-corrected chi connectivity index (χ4v) is 6.33. The summed E-state index contributed by atoms with van der Waals surface area (Å²) in [5.41, 5.74) is 6.06. The molecule has 0 amide bonds. The number of aromatic nitrogens is 2. The Bertz CT molecular complexity index is 1640. The van der Waals surface area contributed by atoms with E-state index in [9.17, 15) is 9.90 Å². The number of allylic oxidation sites excluding steroid dienone is 1. The maximum absolute atomic E-state index is 12.6. The molecule has 1 aliphatic carbocycles. The predicted molar refractivity (Wildman–Crippen MR) is 170 cm³/mol. The highest BCUT2D eigenvalue weighted by Crippen LogP contribution is 2.43. The van der Waals surface area contributed by atoms with E-state index in [4.69, 9.17) is 21.1 Å². The molecular formula is C34H37ClN4O4. The zero-order valence-corrected chi connectivity index (χ0v) is 25.4. The number of aliphatic hydroxyl groups is 1. The van der Waals surface area contributed by atoms with E-state index in [0.29, 0.717) is 17.1 Å². The topological polar surface area (TPSA) is 90.9 Å². The third-order valence-electron chi connectivity index (χ3n) is 8.75. The van der Waals surface area contributed by atoms with Crippen molar-refractivity contribution < 1.29 is 19.4 Å². The van der Waals surface area contributed by atoms with E-state index in [1.807, 2.05) is 42.6 Å². The van der Waals surface area contributed by atoms with E-state index in [1.165, 1.54) is 23.8 Å². The Labute approximate surface area is 256 Å². The number of methoxy groups -OCH3 is 1. The fourth-order valence-electron chi connectivity index (χ4n) is 6.21. The summed E-state index contributed by atoms with van der Waals surface area (Å²) in [7, 11) is 1.37.